The number of rotatable bonds is 4. The lowest BCUT2D eigenvalue weighted by Crippen LogP contribution is -2.50. The minimum absolute atomic E-state index is 0.00296. The first-order valence-corrected chi connectivity index (χ1v) is 9.10. The Kier molecular flexibility index (Phi) is 5.13. The third-order valence-corrected chi connectivity index (χ3v) is 4.69. The summed E-state index contributed by atoms with van der Waals surface area (Å²) in [7, 11) is 0. The van der Waals surface area contributed by atoms with Crippen molar-refractivity contribution in [1.29, 1.82) is 0 Å². The van der Waals surface area contributed by atoms with Gasteiger partial charge in [-0.1, -0.05) is 13.8 Å². The number of ether oxygens (including phenoxy) is 1. The van der Waals surface area contributed by atoms with Gasteiger partial charge in [-0.15, -0.1) is 0 Å². The zero-order chi connectivity index (χ0) is 18.1. The van der Waals surface area contributed by atoms with Crippen LogP contribution in [0.15, 0.2) is 12.4 Å². The molecule has 7 heteroatoms. The van der Waals surface area contributed by atoms with Crippen molar-refractivity contribution in [3.63, 3.8) is 0 Å². The molecular weight excluding hydrogens is 320 g/mol. The van der Waals surface area contributed by atoms with E-state index in [0.717, 1.165) is 12.2 Å². The molecule has 1 aromatic heterocycles. The van der Waals surface area contributed by atoms with Crippen molar-refractivity contribution in [1.82, 2.24) is 14.7 Å². The molecule has 0 saturated carbocycles. The first-order chi connectivity index (χ1) is 11.8. The number of hydrogen-bond acceptors (Lipinski definition) is 4. The van der Waals surface area contributed by atoms with Crippen LogP contribution in [-0.4, -0.2) is 58.3 Å². The standard InChI is InChI=1S/C18H28N4O3/c1-12(2)7-21-11-16(6-19-21)22-10-15(5-17(22)23)18(24)20-8-13(3)25-14(4)9-20/h6,11-15H,5,7-10H2,1-4H3. The van der Waals surface area contributed by atoms with Gasteiger partial charge in [0.2, 0.25) is 11.8 Å². The predicted octanol–water partition coefficient (Wildman–Crippen LogP) is 1.53. The highest BCUT2D eigenvalue weighted by atomic mass is 16.5. The van der Waals surface area contributed by atoms with Gasteiger partial charge in [-0.3, -0.25) is 14.3 Å². The molecule has 0 aromatic carbocycles. The van der Waals surface area contributed by atoms with E-state index in [4.69, 9.17) is 4.74 Å². The summed E-state index contributed by atoms with van der Waals surface area (Å²) in [5, 5.41) is 4.33. The van der Waals surface area contributed by atoms with Crippen LogP contribution in [0, 0.1) is 11.8 Å². The molecule has 2 saturated heterocycles. The molecule has 0 bridgehead atoms. The second-order valence-corrected chi connectivity index (χ2v) is 7.72. The van der Waals surface area contributed by atoms with Gasteiger partial charge in [0.15, 0.2) is 0 Å². The van der Waals surface area contributed by atoms with E-state index in [2.05, 4.69) is 18.9 Å². The van der Waals surface area contributed by atoms with E-state index < -0.39 is 0 Å². The molecule has 3 heterocycles. The number of aromatic nitrogens is 2. The number of hydrogen-bond donors (Lipinski definition) is 0. The molecule has 7 nitrogen and oxygen atoms in total. The van der Waals surface area contributed by atoms with Gasteiger partial charge in [0.05, 0.1) is 30.0 Å². The molecule has 0 radical (unpaired) electrons. The van der Waals surface area contributed by atoms with Crippen LogP contribution in [0.3, 0.4) is 0 Å². The highest BCUT2D eigenvalue weighted by molar-refractivity contribution is 6.00. The summed E-state index contributed by atoms with van der Waals surface area (Å²) in [6, 6.07) is 0. The number of carbonyl (C=O) groups is 2. The average molecular weight is 348 g/mol. The van der Waals surface area contributed by atoms with Gasteiger partial charge in [0, 0.05) is 38.8 Å². The van der Waals surface area contributed by atoms with Gasteiger partial charge < -0.3 is 14.5 Å². The van der Waals surface area contributed by atoms with Crippen LogP contribution in [0.25, 0.3) is 0 Å². The number of carbonyl (C=O) groups excluding carboxylic acids is 2. The lowest BCUT2D eigenvalue weighted by Gasteiger charge is -2.36. The Morgan fingerprint density at radius 2 is 1.96 bits per heavy atom. The Morgan fingerprint density at radius 3 is 2.60 bits per heavy atom. The molecule has 0 aliphatic carbocycles. The third kappa shape index (κ3) is 4.03. The SMILES string of the molecule is CC(C)Cn1cc(N2CC(C(=O)N3CC(C)OC(C)C3)CC2=O)cn1. The van der Waals surface area contributed by atoms with Gasteiger partial charge >= 0.3 is 0 Å². The van der Waals surface area contributed by atoms with Crippen LogP contribution in [0.1, 0.15) is 34.1 Å². The molecule has 2 fully saturated rings. The number of anilines is 1. The van der Waals surface area contributed by atoms with E-state index in [1.165, 1.54) is 0 Å². The maximum Gasteiger partial charge on any atom is 0.228 e. The minimum atomic E-state index is -0.279. The molecular formula is C18H28N4O3. The van der Waals surface area contributed by atoms with Crippen molar-refractivity contribution < 1.29 is 14.3 Å². The lowest BCUT2D eigenvalue weighted by atomic mass is 10.1. The zero-order valence-corrected chi connectivity index (χ0v) is 15.5. The number of nitrogens with zero attached hydrogens (tertiary/aromatic N) is 4. The van der Waals surface area contributed by atoms with Crippen molar-refractivity contribution in [3.05, 3.63) is 12.4 Å². The van der Waals surface area contributed by atoms with Crippen LogP contribution in [0.2, 0.25) is 0 Å². The summed E-state index contributed by atoms with van der Waals surface area (Å²) in [5.74, 6) is 0.268. The Labute approximate surface area is 148 Å². The van der Waals surface area contributed by atoms with Crippen LogP contribution in [-0.2, 0) is 20.9 Å². The normalized spacial score (nSPS) is 27.4. The molecule has 2 amide bonds. The maximum absolute atomic E-state index is 12.8. The second kappa shape index (κ2) is 7.15. The summed E-state index contributed by atoms with van der Waals surface area (Å²) in [6.45, 7) is 10.7. The van der Waals surface area contributed by atoms with Gasteiger partial charge in [0.25, 0.3) is 0 Å². The highest BCUT2D eigenvalue weighted by Gasteiger charge is 2.39. The van der Waals surface area contributed by atoms with E-state index in [1.807, 2.05) is 29.6 Å². The maximum atomic E-state index is 12.8. The summed E-state index contributed by atoms with van der Waals surface area (Å²) in [4.78, 5) is 28.8. The van der Waals surface area contributed by atoms with Gasteiger partial charge in [-0.05, 0) is 19.8 Å². The first kappa shape index (κ1) is 17.9. The fourth-order valence-corrected chi connectivity index (χ4v) is 3.70. The Balaban J connectivity index is 1.65. The molecule has 0 spiro atoms. The zero-order valence-electron chi connectivity index (χ0n) is 15.5. The van der Waals surface area contributed by atoms with E-state index in [1.54, 1.807) is 11.1 Å². The van der Waals surface area contributed by atoms with E-state index in [9.17, 15) is 9.59 Å². The molecule has 2 aliphatic heterocycles. The molecule has 0 N–H and O–H groups in total. The molecule has 3 atom stereocenters. The largest absolute Gasteiger partial charge is 0.372 e. The van der Waals surface area contributed by atoms with Crippen LogP contribution >= 0.6 is 0 Å². The Morgan fingerprint density at radius 1 is 1.28 bits per heavy atom. The summed E-state index contributed by atoms with van der Waals surface area (Å²) >= 11 is 0. The van der Waals surface area contributed by atoms with E-state index in [0.29, 0.717) is 25.6 Å². The van der Waals surface area contributed by atoms with Crippen LogP contribution in [0.5, 0.6) is 0 Å². The number of amides is 2. The molecule has 1 aromatic rings. The summed E-state index contributed by atoms with van der Waals surface area (Å²) in [6.07, 6.45) is 3.95. The third-order valence-electron chi connectivity index (χ3n) is 4.69. The fourth-order valence-electron chi connectivity index (χ4n) is 3.70. The van der Waals surface area contributed by atoms with Crippen molar-refractivity contribution in [2.75, 3.05) is 24.5 Å². The fraction of sp³-hybridized carbons (Fsp3) is 0.722. The molecule has 25 heavy (non-hydrogen) atoms. The molecule has 2 aliphatic rings. The van der Waals surface area contributed by atoms with Crippen molar-refractivity contribution in [2.45, 2.75) is 52.9 Å². The van der Waals surface area contributed by atoms with Gasteiger partial charge in [0.1, 0.15) is 0 Å². The highest BCUT2D eigenvalue weighted by Crippen LogP contribution is 2.27. The first-order valence-electron chi connectivity index (χ1n) is 9.10. The topological polar surface area (TPSA) is 67.7 Å². The van der Waals surface area contributed by atoms with Crippen LogP contribution in [0.4, 0.5) is 5.69 Å². The smallest absolute Gasteiger partial charge is 0.228 e. The predicted molar refractivity (Wildman–Crippen MR) is 94.1 cm³/mol. The van der Waals surface area contributed by atoms with Crippen molar-refractivity contribution in [2.24, 2.45) is 11.8 Å². The van der Waals surface area contributed by atoms with E-state index >= 15 is 0 Å². The van der Waals surface area contributed by atoms with Gasteiger partial charge in [-0.25, -0.2) is 0 Å². The molecule has 3 rings (SSSR count). The van der Waals surface area contributed by atoms with E-state index in [-0.39, 0.29) is 36.4 Å². The Bertz CT molecular complexity index is 632. The quantitative estimate of drug-likeness (QED) is 0.827. The van der Waals surface area contributed by atoms with Crippen molar-refractivity contribution >= 4 is 17.5 Å². The molecule has 138 valence electrons. The Hall–Kier alpha value is -1.89. The second-order valence-electron chi connectivity index (χ2n) is 7.72. The summed E-state index contributed by atoms with van der Waals surface area (Å²) in [5.41, 5.74) is 0.782. The minimum Gasteiger partial charge on any atom is -0.372 e. The number of morpholine rings is 1. The molecule has 3 unspecified atom stereocenters. The average Bonchev–Trinajstić information content (AvgIpc) is 3.11. The lowest BCUT2D eigenvalue weighted by molar-refractivity contribution is -0.147. The monoisotopic (exact) mass is 348 g/mol. The van der Waals surface area contributed by atoms with Crippen molar-refractivity contribution in [3.8, 4) is 0 Å². The van der Waals surface area contributed by atoms with Crippen LogP contribution < -0.4 is 4.90 Å². The van der Waals surface area contributed by atoms with Gasteiger partial charge in [-0.2, -0.15) is 5.10 Å². The summed E-state index contributed by atoms with van der Waals surface area (Å²) < 4.78 is 7.55.